The van der Waals surface area contributed by atoms with Gasteiger partial charge in [-0.15, -0.1) is 0 Å². The molecule has 0 aromatic heterocycles. The van der Waals surface area contributed by atoms with Gasteiger partial charge in [0.2, 0.25) is 0 Å². The van der Waals surface area contributed by atoms with Crippen molar-refractivity contribution in [3.05, 3.63) is 215 Å². The van der Waals surface area contributed by atoms with Crippen molar-refractivity contribution >= 4 is 0 Å². The largest absolute Gasteiger partial charge is 0.393 e. The topological polar surface area (TPSA) is 38.7 Å². The van der Waals surface area contributed by atoms with Gasteiger partial charge in [0.25, 0.3) is 0 Å². The number of hydrogen-bond acceptors (Lipinski definition) is 3. The first-order chi connectivity index (χ1) is 24.1. The van der Waals surface area contributed by atoms with Crippen LogP contribution in [0.2, 0.25) is 0 Å². The lowest BCUT2D eigenvalue weighted by molar-refractivity contribution is -0.124. The summed E-state index contributed by atoms with van der Waals surface area (Å²) in [7, 11) is 0. The van der Waals surface area contributed by atoms with Gasteiger partial charge < -0.3 is 14.6 Å². The molecule has 3 nitrogen and oxygen atoms in total. The van der Waals surface area contributed by atoms with Gasteiger partial charge in [0, 0.05) is 5.41 Å². The Labute approximate surface area is 290 Å². The summed E-state index contributed by atoms with van der Waals surface area (Å²) in [5.41, 5.74) is 4.19. The van der Waals surface area contributed by atoms with Crippen molar-refractivity contribution in [2.75, 3.05) is 13.2 Å². The molecular weight excluding hydrogens is 601 g/mol. The molecule has 1 unspecified atom stereocenters. The summed E-state index contributed by atoms with van der Waals surface area (Å²) in [6, 6.07) is 63.1. The Kier molecular flexibility index (Phi) is 9.86. The fourth-order valence-electron chi connectivity index (χ4n) is 7.78. The van der Waals surface area contributed by atoms with E-state index in [-0.39, 0.29) is 0 Å². The minimum Gasteiger partial charge on any atom is -0.393 e. The molecule has 6 aromatic carbocycles. The molecule has 0 heterocycles. The summed E-state index contributed by atoms with van der Waals surface area (Å²) >= 11 is 0. The second-order valence-electron chi connectivity index (χ2n) is 13.4. The highest BCUT2D eigenvalue weighted by molar-refractivity contribution is 5.49. The van der Waals surface area contributed by atoms with Crippen molar-refractivity contribution in [3.8, 4) is 0 Å². The fourth-order valence-corrected chi connectivity index (χ4v) is 7.78. The van der Waals surface area contributed by atoms with E-state index in [1.165, 1.54) is 0 Å². The van der Waals surface area contributed by atoms with Crippen molar-refractivity contribution in [2.24, 2.45) is 5.41 Å². The Morgan fingerprint density at radius 1 is 0.449 bits per heavy atom. The van der Waals surface area contributed by atoms with Gasteiger partial charge in [0.1, 0.15) is 11.2 Å². The third-order valence-corrected chi connectivity index (χ3v) is 10.2. The van der Waals surface area contributed by atoms with Gasteiger partial charge >= 0.3 is 0 Å². The van der Waals surface area contributed by atoms with Gasteiger partial charge in [-0.3, -0.25) is 0 Å². The normalized spacial score (nSPS) is 16.2. The molecule has 0 saturated heterocycles. The van der Waals surface area contributed by atoms with Crippen LogP contribution in [0.3, 0.4) is 0 Å². The van der Waals surface area contributed by atoms with Crippen molar-refractivity contribution in [2.45, 2.75) is 43.0 Å². The van der Waals surface area contributed by atoms with Gasteiger partial charge in [-0.2, -0.15) is 0 Å². The van der Waals surface area contributed by atoms with Crippen molar-refractivity contribution in [3.63, 3.8) is 0 Å². The van der Waals surface area contributed by atoms with Crippen molar-refractivity contribution in [1.82, 2.24) is 0 Å². The Balaban J connectivity index is 1.34. The van der Waals surface area contributed by atoms with Crippen LogP contribution in [0, 0.1) is 5.41 Å². The summed E-state index contributed by atoms with van der Waals surface area (Å²) in [4.78, 5) is 0. The minimum atomic E-state index is -0.867. The molecule has 0 aliphatic heterocycles. The SMILES string of the molecule is OC1CCCC(COC(c2ccccc2)(c2ccccc2)c2ccccc2)(COC(c2ccccc2)(c2ccccc2)c2ccccc2)C1. The molecule has 49 heavy (non-hydrogen) atoms. The first-order valence-corrected chi connectivity index (χ1v) is 17.4. The molecule has 1 saturated carbocycles. The van der Waals surface area contributed by atoms with E-state index < -0.39 is 22.7 Å². The lowest BCUT2D eigenvalue weighted by Crippen LogP contribution is -2.46. The predicted molar refractivity (Wildman–Crippen MR) is 197 cm³/mol. The van der Waals surface area contributed by atoms with Crippen LogP contribution in [0.15, 0.2) is 182 Å². The zero-order valence-electron chi connectivity index (χ0n) is 27.9. The van der Waals surface area contributed by atoms with Crippen LogP contribution in [-0.4, -0.2) is 24.4 Å². The van der Waals surface area contributed by atoms with Crippen LogP contribution in [0.5, 0.6) is 0 Å². The van der Waals surface area contributed by atoms with E-state index in [2.05, 4.69) is 146 Å². The molecule has 0 amide bonds. The van der Waals surface area contributed by atoms with Crippen molar-refractivity contribution < 1.29 is 14.6 Å². The monoisotopic (exact) mass is 644 g/mol. The maximum absolute atomic E-state index is 11.3. The highest BCUT2D eigenvalue weighted by Gasteiger charge is 2.46. The molecule has 3 heteroatoms. The molecule has 1 N–H and O–H groups in total. The van der Waals surface area contributed by atoms with Crippen molar-refractivity contribution in [1.29, 1.82) is 0 Å². The maximum Gasteiger partial charge on any atom is 0.143 e. The standard InChI is InChI=1S/C46H44O3/c47-43-32-19-33-44(34-43,35-48-45(37-20-7-1-8-21-37,38-22-9-2-10-23-38)39-24-11-3-12-25-39)36-49-46(40-26-13-4-14-27-40,41-28-15-5-16-29-41)42-30-17-6-18-31-42/h1-18,20-31,43,47H,19,32-36H2. The zero-order valence-corrected chi connectivity index (χ0v) is 27.9. The molecule has 1 fully saturated rings. The van der Waals surface area contributed by atoms with E-state index >= 15 is 0 Å². The van der Waals surface area contributed by atoms with Crippen LogP contribution in [0.4, 0.5) is 0 Å². The third-order valence-electron chi connectivity index (χ3n) is 10.2. The lowest BCUT2D eigenvalue weighted by atomic mass is 9.72. The first-order valence-electron chi connectivity index (χ1n) is 17.4. The Bertz CT molecular complexity index is 1540. The second kappa shape index (κ2) is 14.8. The molecule has 1 atom stereocenters. The Hall–Kier alpha value is -4.80. The van der Waals surface area contributed by atoms with E-state index in [0.29, 0.717) is 19.6 Å². The number of ether oxygens (including phenoxy) is 2. The van der Waals surface area contributed by atoms with Crippen LogP contribution < -0.4 is 0 Å². The molecule has 0 radical (unpaired) electrons. The highest BCUT2D eigenvalue weighted by Crippen LogP contribution is 2.47. The molecule has 6 aromatic rings. The van der Waals surface area contributed by atoms with E-state index in [1.807, 2.05) is 36.4 Å². The number of aliphatic hydroxyl groups is 1. The van der Waals surface area contributed by atoms with Crippen LogP contribution in [0.1, 0.15) is 59.1 Å². The smallest absolute Gasteiger partial charge is 0.143 e. The molecule has 1 aliphatic rings. The number of hydrogen-bond donors (Lipinski definition) is 1. The summed E-state index contributed by atoms with van der Waals surface area (Å²) in [6.07, 6.45) is 2.73. The average Bonchev–Trinajstić information content (AvgIpc) is 3.18. The molecule has 1 aliphatic carbocycles. The molecule has 246 valence electrons. The summed E-state index contributed by atoms with van der Waals surface area (Å²) in [5, 5.41) is 11.3. The molecule has 7 rings (SSSR count). The zero-order chi connectivity index (χ0) is 33.4. The van der Waals surface area contributed by atoms with E-state index in [0.717, 1.165) is 52.6 Å². The summed E-state index contributed by atoms with van der Waals surface area (Å²) in [5.74, 6) is 0. The summed E-state index contributed by atoms with van der Waals surface area (Å²) in [6.45, 7) is 0.800. The molecular formula is C46H44O3. The van der Waals surface area contributed by atoms with Gasteiger partial charge in [-0.1, -0.05) is 188 Å². The number of benzene rings is 6. The van der Waals surface area contributed by atoms with Crippen LogP contribution in [-0.2, 0) is 20.7 Å². The van der Waals surface area contributed by atoms with Crippen LogP contribution >= 0.6 is 0 Å². The lowest BCUT2D eigenvalue weighted by Gasteiger charge is -2.46. The van der Waals surface area contributed by atoms with Gasteiger partial charge in [0.15, 0.2) is 0 Å². The third kappa shape index (κ3) is 6.63. The van der Waals surface area contributed by atoms with Gasteiger partial charge in [-0.05, 0) is 52.6 Å². The van der Waals surface area contributed by atoms with E-state index in [9.17, 15) is 5.11 Å². The molecule has 0 bridgehead atoms. The maximum atomic E-state index is 11.3. The van der Waals surface area contributed by atoms with Crippen LogP contribution in [0.25, 0.3) is 0 Å². The number of rotatable bonds is 12. The number of aliphatic hydroxyl groups excluding tert-OH is 1. The quantitative estimate of drug-likeness (QED) is 0.135. The predicted octanol–water partition coefficient (Wildman–Crippen LogP) is 9.93. The minimum absolute atomic E-state index is 0.400. The van der Waals surface area contributed by atoms with Gasteiger partial charge in [0.05, 0.1) is 19.3 Å². The van der Waals surface area contributed by atoms with E-state index in [1.54, 1.807) is 0 Å². The highest BCUT2D eigenvalue weighted by atomic mass is 16.5. The average molecular weight is 645 g/mol. The Morgan fingerprint density at radius 2 is 0.714 bits per heavy atom. The first kappa shape index (κ1) is 32.7. The summed E-state index contributed by atoms with van der Waals surface area (Å²) < 4.78 is 14.9. The Morgan fingerprint density at radius 3 is 0.959 bits per heavy atom. The molecule has 0 spiro atoms. The second-order valence-corrected chi connectivity index (χ2v) is 13.4. The fraction of sp³-hybridized carbons (Fsp3) is 0.217. The van der Waals surface area contributed by atoms with E-state index in [4.69, 9.17) is 9.47 Å². The van der Waals surface area contributed by atoms with Gasteiger partial charge in [-0.25, -0.2) is 0 Å².